The number of rotatable bonds is 4. The molecule has 0 saturated heterocycles. The number of fused-ring (bicyclic) bond motifs is 5. The Morgan fingerprint density at radius 3 is 2.86 bits per heavy atom. The van der Waals surface area contributed by atoms with Crippen LogP contribution in [0.1, 0.15) is 11.1 Å². The molecule has 2 N–H and O–H groups in total. The fourth-order valence-corrected chi connectivity index (χ4v) is 4.20. The van der Waals surface area contributed by atoms with Crippen LogP contribution in [0.5, 0.6) is 0 Å². The van der Waals surface area contributed by atoms with Crippen LogP contribution in [-0.2, 0) is 13.1 Å². The zero-order chi connectivity index (χ0) is 19.3. The number of nitrogens with one attached hydrogen (secondary N) is 1. The van der Waals surface area contributed by atoms with Crippen LogP contribution in [0.2, 0.25) is 5.02 Å². The van der Waals surface area contributed by atoms with Crippen LogP contribution in [0.3, 0.4) is 0 Å². The van der Waals surface area contributed by atoms with Gasteiger partial charge in [0.2, 0.25) is 0 Å². The lowest BCUT2D eigenvalue weighted by atomic mass is 10.00. The lowest BCUT2D eigenvalue weighted by Gasteiger charge is -2.13. The standard InChI is InChI=1S/C22H18ClN3O2/c23-14-5-6-19-16(10-14)17(11-24-7-8-27)18-12-26-20(21(18)25-19)9-13-3-1-2-4-15(13)22(26)28/h1-6,9-10,24,27H,7-8,11-12H2. The van der Waals surface area contributed by atoms with Gasteiger partial charge in [-0.05, 0) is 41.3 Å². The number of pyridine rings is 2. The Balaban J connectivity index is 1.79. The van der Waals surface area contributed by atoms with Gasteiger partial charge in [-0.1, -0.05) is 29.8 Å². The Kier molecular flexibility index (Phi) is 4.16. The third kappa shape index (κ3) is 2.63. The fraction of sp³-hybridized carbons (Fsp3) is 0.182. The van der Waals surface area contributed by atoms with Crippen LogP contribution in [0, 0.1) is 0 Å². The summed E-state index contributed by atoms with van der Waals surface area (Å²) in [5, 5.41) is 15.7. The molecule has 2 aromatic heterocycles. The Labute approximate surface area is 166 Å². The van der Waals surface area contributed by atoms with Crippen molar-refractivity contribution in [1.82, 2.24) is 14.9 Å². The second-order valence-corrected chi connectivity index (χ2v) is 7.42. The molecule has 3 heterocycles. The summed E-state index contributed by atoms with van der Waals surface area (Å²) in [6.45, 7) is 1.62. The largest absolute Gasteiger partial charge is 0.395 e. The molecule has 5 nitrogen and oxygen atoms in total. The first kappa shape index (κ1) is 17.4. The molecule has 6 heteroatoms. The lowest BCUT2D eigenvalue weighted by Crippen LogP contribution is -2.20. The average Bonchev–Trinajstić information content (AvgIpc) is 3.07. The predicted octanol–water partition coefficient (Wildman–Crippen LogP) is 3.31. The Bertz CT molecular complexity index is 1300. The molecule has 0 radical (unpaired) electrons. The second kappa shape index (κ2) is 6.71. The third-order valence-corrected chi connectivity index (χ3v) is 5.57. The number of hydrogen-bond donors (Lipinski definition) is 2. The molecule has 5 rings (SSSR count). The third-order valence-electron chi connectivity index (χ3n) is 5.33. The van der Waals surface area contributed by atoms with E-state index in [1.165, 1.54) is 0 Å². The molecule has 0 atom stereocenters. The average molecular weight is 392 g/mol. The molecule has 0 unspecified atom stereocenters. The molecule has 28 heavy (non-hydrogen) atoms. The highest BCUT2D eigenvalue weighted by atomic mass is 35.5. The van der Waals surface area contributed by atoms with Gasteiger partial charge in [-0.25, -0.2) is 4.98 Å². The molecule has 0 spiro atoms. The van der Waals surface area contributed by atoms with Gasteiger partial charge in [-0.15, -0.1) is 0 Å². The minimum atomic E-state index is 0.00227. The highest BCUT2D eigenvalue weighted by molar-refractivity contribution is 6.31. The van der Waals surface area contributed by atoms with Crippen LogP contribution in [-0.4, -0.2) is 27.8 Å². The van der Waals surface area contributed by atoms with Crippen molar-refractivity contribution in [3.8, 4) is 11.4 Å². The number of aliphatic hydroxyl groups excluding tert-OH is 1. The van der Waals surface area contributed by atoms with Crippen LogP contribution in [0.25, 0.3) is 33.1 Å². The highest BCUT2D eigenvalue weighted by Gasteiger charge is 2.26. The van der Waals surface area contributed by atoms with Gasteiger partial charge in [0, 0.05) is 34.4 Å². The molecule has 4 aromatic rings. The summed E-state index contributed by atoms with van der Waals surface area (Å²) in [7, 11) is 0. The zero-order valence-corrected chi connectivity index (χ0v) is 15.8. The van der Waals surface area contributed by atoms with Crippen molar-refractivity contribution >= 4 is 33.3 Å². The molecular formula is C22H18ClN3O2. The first-order valence-corrected chi connectivity index (χ1v) is 9.60. The van der Waals surface area contributed by atoms with Gasteiger partial charge in [0.25, 0.3) is 5.56 Å². The summed E-state index contributed by atoms with van der Waals surface area (Å²) in [5.41, 5.74) is 4.65. The van der Waals surface area contributed by atoms with Crippen molar-refractivity contribution in [2.45, 2.75) is 13.1 Å². The summed E-state index contributed by atoms with van der Waals surface area (Å²) in [6.07, 6.45) is 0. The minimum Gasteiger partial charge on any atom is -0.395 e. The predicted molar refractivity (Wildman–Crippen MR) is 112 cm³/mol. The molecule has 2 aromatic carbocycles. The Morgan fingerprint density at radius 1 is 1.14 bits per heavy atom. The van der Waals surface area contributed by atoms with Crippen molar-refractivity contribution in [3.05, 3.63) is 75.0 Å². The Hall–Kier alpha value is -2.73. The smallest absolute Gasteiger partial charge is 0.259 e. The quantitative estimate of drug-likeness (QED) is 0.461. The van der Waals surface area contributed by atoms with E-state index in [2.05, 4.69) is 5.32 Å². The second-order valence-electron chi connectivity index (χ2n) is 6.99. The maximum atomic E-state index is 13.1. The number of benzene rings is 2. The van der Waals surface area contributed by atoms with Gasteiger partial charge in [0.05, 0.1) is 30.1 Å². The summed E-state index contributed by atoms with van der Waals surface area (Å²) < 4.78 is 1.80. The first-order chi connectivity index (χ1) is 13.7. The fourth-order valence-electron chi connectivity index (χ4n) is 4.03. The molecule has 0 bridgehead atoms. The molecule has 0 aliphatic carbocycles. The maximum absolute atomic E-state index is 13.1. The summed E-state index contributed by atoms with van der Waals surface area (Å²) in [4.78, 5) is 18.0. The van der Waals surface area contributed by atoms with Crippen LogP contribution >= 0.6 is 11.6 Å². The van der Waals surface area contributed by atoms with Gasteiger partial charge < -0.3 is 15.0 Å². The molecular weight excluding hydrogens is 374 g/mol. The van der Waals surface area contributed by atoms with Gasteiger partial charge >= 0.3 is 0 Å². The van der Waals surface area contributed by atoms with E-state index in [4.69, 9.17) is 21.7 Å². The van der Waals surface area contributed by atoms with Crippen molar-refractivity contribution in [2.75, 3.05) is 13.2 Å². The van der Waals surface area contributed by atoms with E-state index >= 15 is 0 Å². The maximum Gasteiger partial charge on any atom is 0.259 e. The summed E-state index contributed by atoms with van der Waals surface area (Å²) in [6, 6.07) is 15.4. The van der Waals surface area contributed by atoms with Crippen molar-refractivity contribution < 1.29 is 5.11 Å². The number of nitrogens with zero attached hydrogens (tertiary/aromatic N) is 2. The van der Waals surface area contributed by atoms with E-state index in [-0.39, 0.29) is 12.2 Å². The van der Waals surface area contributed by atoms with Crippen molar-refractivity contribution in [2.24, 2.45) is 0 Å². The van der Waals surface area contributed by atoms with Crippen molar-refractivity contribution in [1.29, 1.82) is 0 Å². The van der Waals surface area contributed by atoms with Crippen LogP contribution in [0.4, 0.5) is 0 Å². The Morgan fingerprint density at radius 2 is 2.00 bits per heavy atom. The topological polar surface area (TPSA) is 67.2 Å². The molecule has 0 amide bonds. The van der Waals surface area contributed by atoms with Crippen molar-refractivity contribution in [3.63, 3.8) is 0 Å². The van der Waals surface area contributed by atoms with E-state index in [9.17, 15) is 4.79 Å². The molecule has 0 saturated carbocycles. The lowest BCUT2D eigenvalue weighted by molar-refractivity contribution is 0.292. The number of halogens is 1. The van der Waals surface area contributed by atoms with Crippen LogP contribution in [0.15, 0.2) is 53.3 Å². The molecule has 1 aliphatic rings. The minimum absolute atomic E-state index is 0.00227. The van der Waals surface area contributed by atoms with Gasteiger partial charge in [-0.2, -0.15) is 0 Å². The summed E-state index contributed by atoms with van der Waals surface area (Å²) >= 11 is 6.24. The van der Waals surface area contributed by atoms with E-state index in [0.29, 0.717) is 30.0 Å². The van der Waals surface area contributed by atoms with E-state index < -0.39 is 0 Å². The monoisotopic (exact) mass is 391 g/mol. The number of aromatic nitrogens is 2. The first-order valence-electron chi connectivity index (χ1n) is 9.23. The SMILES string of the molecule is O=c1c2ccccc2cc2n1Cc1c-2nc2ccc(Cl)cc2c1CNCCO. The van der Waals surface area contributed by atoms with E-state index in [1.54, 1.807) is 4.57 Å². The van der Waals surface area contributed by atoms with Gasteiger partial charge in [0.1, 0.15) is 0 Å². The number of hydrogen-bond acceptors (Lipinski definition) is 4. The summed E-state index contributed by atoms with van der Waals surface area (Å²) in [5.74, 6) is 0. The molecule has 140 valence electrons. The molecule has 1 aliphatic heterocycles. The van der Waals surface area contributed by atoms with Gasteiger partial charge in [0.15, 0.2) is 0 Å². The number of aliphatic hydroxyl groups is 1. The van der Waals surface area contributed by atoms with Crippen LogP contribution < -0.4 is 10.9 Å². The normalized spacial score (nSPS) is 12.5. The highest BCUT2D eigenvalue weighted by Crippen LogP contribution is 2.37. The molecule has 0 fully saturated rings. The van der Waals surface area contributed by atoms with E-state index in [1.807, 2.05) is 48.5 Å². The van der Waals surface area contributed by atoms with Gasteiger partial charge in [-0.3, -0.25) is 4.79 Å². The van der Waals surface area contributed by atoms with E-state index in [0.717, 1.165) is 38.8 Å². The zero-order valence-electron chi connectivity index (χ0n) is 15.1.